The van der Waals surface area contributed by atoms with Gasteiger partial charge >= 0.3 is 0 Å². The largest absolute Gasteiger partial charge is 0.377 e. The molecule has 6 heteroatoms. The minimum absolute atomic E-state index is 0.0178. The Morgan fingerprint density at radius 2 is 1.77 bits per heavy atom. The van der Waals surface area contributed by atoms with Crippen LogP contribution in [0.2, 0.25) is 0 Å². The van der Waals surface area contributed by atoms with Crippen molar-refractivity contribution < 1.29 is 14.0 Å². The number of carbonyl (C=O) groups is 2. The zero-order valence-electron chi connectivity index (χ0n) is 18.8. The highest BCUT2D eigenvalue weighted by atomic mass is 19.1. The number of amides is 2. The molecular formula is C25H32FN3O2. The molecule has 1 N–H and O–H groups in total. The van der Waals surface area contributed by atoms with E-state index in [9.17, 15) is 14.0 Å². The summed E-state index contributed by atoms with van der Waals surface area (Å²) < 4.78 is 13.3. The molecule has 1 saturated carbocycles. The van der Waals surface area contributed by atoms with Crippen LogP contribution < -0.4 is 10.2 Å². The Labute approximate surface area is 184 Å². The highest BCUT2D eigenvalue weighted by Gasteiger charge is 2.28. The number of carbonyl (C=O) groups excluding carboxylic acids is 2. The van der Waals surface area contributed by atoms with Crippen molar-refractivity contribution in [2.45, 2.75) is 39.7 Å². The normalized spacial score (nSPS) is 13.2. The van der Waals surface area contributed by atoms with E-state index in [0.717, 1.165) is 29.8 Å². The summed E-state index contributed by atoms with van der Waals surface area (Å²) in [5.74, 6) is 0.315. The number of hydrogen-bond acceptors (Lipinski definition) is 3. The first-order valence-electron chi connectivity index (χ1n) is 10.9. The third kappa shape index (κ3) is 6.54. The number of anilines is 2. The topological polar surface area (TPSA) is 52.7 Å². The highest BCUT2D eigenvalue weighted by Crippen LogP contribution is 2.32. The van der Waals surface area contributed by atoms with Gasteiger partial charge in [0.15, 0.2) is 0 Å². The second kappa shape index (κ2) is 9.94. The van der Waals surface area contributed by atoms with Crippen LogP contribution in [0.15, 0.2) is 42.5 Å². The molecule has 2 aromatic carbocycles. The van der Waals surface area contributed by atoms with Gasteiger partial charge in [-0.15, -0.1) is 0 Å². The van der Waals surface area contributed by atoms with Crippen LogP contribution >= 0.6 is 0 Å². The van der Waals surface area contributed by atoms with Gasteiger partial charge in [0.2, 0.25) is 5.91 Å². The van der Waals surface area contributed by atoms with E-state index in [1.54, 1.807) is 0 Å². The first kappa shape index (κ1) is 22.8. The Morgan fingerprint density at radius 1 is 1.10 bits per heavy atom. The zero-order chi connectivity index (χ0) is 22.5. The SMILES string of the molecule is CC(C)CC(=O)Nc1ccc(N(C)C)c(CN(CC2CC2)C(=O)c2ccc(F)cc2)c1. The lowest BCUT2D eigenvalue weighted by atomic mass is 10.1. The van der Waals surface area contributed by atoms with Crippen LogP contribution in [-0.2, 0) is 11.3 Å². The molecule has 0 aromatic heterocycles. The number of nitrogens with one attached hydrogen (secondary N) is 1. The van der Waals surface area contributed by atoms with Crippen LogP contribution in [0.1, 0.15) is 49.0 Å². The quantitative estimate of drug-likeness (QED) is 0.620. The Bertz CT molecular complexity index is 921. The van der Waals surface area contributed by atoms with Crippen molar-refractivity contribution in [3.8, 4) is 0 Å². The van der Waals surface area contributed by atoms with Crippen molar-refractivity contribution in [3.05, 3.63) is 59.4 Å². The maximum Gasteiger partial charge on any atom is 0.254 e. The van der Waals surface area contributed by atoms with Gasteiger partial charge in [-0.1, -0.05) is 13.8 Å². The van der Waals surface area contributed by atoms with E-state index in [2.05, 4.69) is 5.32 Å². The molecule has 0 unspecified atom stereocenters. The van der Waals surface area contributed by atoms with E-state index in [1.807, 2.05) is 55.9 Å². The van der Waals surface area contributed by atoms with Crippen molar-refractivity contribution in [3.63, 3.8) is 0 Å². The fourth-order valence-corrected chi connectivity index (χ4v) is 3.62. The molecule has 0 radical (unpaired) electrons. The van der Waals surface area contributed by atoms with Crippen molar-refractivity contribution in [1.82, 2.24) is 4.90 Å². The van der Waals surface area contributed by atoms with Gasteiger partial charge in [0, 0.05) is 50.5 Å². The maximum absolute atomic E-state index is 13.3. The summed E-state index contributed by atoms with van der Waals surface area (Å²) in [4.78, 5) is 29.3. The molecule has 0 heterocycles. The third-order valence-electron chi connectivity index (χ3n) is 5.35. The third-order valence-corrected chi connectivity index (χ3v) is 5.35. The fourth-order valence-electron chi connectivity index (χ4n) is 3.62. The molecule has 1 aliphatic carbocycles. The fraction of sp³-hybridized carbons (Fsp3) is 0.440. The molecule has 2 aromatic rings. The molecule has 0 atom stereocenters. The average molecular weight is 426 g/mol. The van der Waals surface area contributed by atoms with Gasteiger partial charge < -0.3 is 15.1 Å². The summed E-state index contributed by atoms with van der Waals surface area (Å²) in [7, 11) is 3.92. The van der Waals surface area contributed by atoms with Crippen molar-refractivity contribution in [1.29, 1.82) is 0 Å². The predicted molar refractivity (Wildman–Crippen MR) is 123 cm³/mol. The lowest BCUT2D eigenvalue weighted by Crippen LogP contribution is -2.33. The summed E-state index contributed by atoms with van der Waals surface area (Å²) in [6, 6.07) is 11.5. The van der Waals surface area contributed by atoms with Crippen molar-refractivity contribution in [2.75, 3.05) is 30.9 Å². The van der Waals surface area contributed by atoms with Crippen LogP contribution in [0, 0.1) is 17.7 Å². The van der Waals surface area contributed by atoms with Gasteiger partial charge in [0.05, 0.1) is 0 Å². The Hall–Kier alpha value is -2.89. The molecular weight excluding hydrogens is 393 g/mol. The first-order valence-corrected chi connectivity index (χ1v) is 10.9. The summed E-state index contributed by atoms with van der Waals surface area (Å²) >= 11 is 0. The summed E-state index contributed by atoms with van der Waals surface area (Å²) in [5.41, 5.74) is 3.17. The molecule has 0 bridgehead atoms. The van der Waals surface area contributed by atoms with E-state index >= 15 is 0 Å². The molecule has 1 aliphatic rings. The average Bonchev–Trinajstić information content (AvgIpc) is 3.51. The smallest absolute Gasteiger partial charge is 0.254 e. The number of halogens is 1. The molecule has 5 nitrogen and oxygen atoms in total. The first-order chi connectivity index (χ1) is 14.7. The van der Waals surface area contributed by atoms with E-state index in [4.69, 9.17) is 0 Å². The monoisotopic (exact) mass is 425 g/mol. The summed E-state index contributed by atoms with van der Waals surface area (Å²) in [6.45, 7) is 5.12. The van der Waals surface area contributed by atoms with Gasteiger partial charge in [0.25, 0.3) is 5.91 Å². The Balaban J connectivity index is 1.85. The van der Waals surface area contributed by atoms with Crippen LogP contribution in [0.4, 0.5) is 15.8 Å². The standard InChI is InChI=1S/C25H32FN3O2/c1-17(2)13-24(30)27-22-11-12-23(28(3)4)20(14-22)16-29(15-18-5-6-18)25(31)19-7-9-21(26)10-8-19/h7-12,14,17-18H,5-6,13,15-16H2,1-4H3,(H,27,30). The minimum atomic E-state index is -0.356. The van der Waals surface area contributed by atoms with Gasteiger partial charge in [0.1, 0.15) is 5.82 Å². The second-order valence-corrected chi connectivity index (χ2v) is 9.02. The van der Waals surface area contributed by atoms with Crippen molar-refractivity contribution >= 4 is 23.2 Å². The Morgan fingerprint density at radius 3 is 2.35 bits per heavy atom. The molecule has 2 amide bonds. The lowest BCUT2D eigenvalue weighted by molar-refractivity contribution is -0.116. The van der Waals surface area contributed by atoms with Gasteiger partial charge in [-0.2, -0.15) is 0 Å². The van der Waals surface area contributed by atoms with Crippen LogP contribution in [0.25, 0.3) is 0 Å². The number of benzene rings is 2. The van der Waals surface area contributed by atoms with E-state index in [1.165, 1.54) is 24.3 Å². The molecule has 3 rings (SSSR count). The minimum Gasteiger partial charge on any atom is -0.377 e. The molecule has 0 spiro atoms. The van der Waals surface area contributed by atoms with Gasteiger partial charge in [-0.05, 0) is 72.7 Å². The van der Waals surface area contributed by atoms with Crippen LogP contribution in [0.3, 0.4) is 0 Å². The maximum atomic E-state index is 13.3. The number of nitrogens with zero attached hydrogens (tertiary/aromatic N) is 2. The molecule has 1 fully saturated rings. The van der Waals surface area contributed by atoms with Crippen molar-refractivity contribution in [2.24, 2.45) is 11.8 Å². The summed E-state index contributed by atoms with van der Waals surface area (Å²) in [6.07, 6.45) is 2.71. The second-order valence-electron chi connectivity index (χ2n) is 9.02. The van der Waals surface area contributed by atoms with Gasteiger partial charge in [-0.25, -0.2) is 4.39 Å². The number of hydrogen-bond donors (Lipinski definition) is 1. The highest BCUT2D eigenvalue weighted by molar-refractivity contribution is 5.94. The van der Waals surface area contributed by atoms with Crippen LogP contribution in [0.5, 0.6) is 0 Å². The summed E-state index contributed by atoms with van der Waals surface area (Å²) in [5, 5.41) is 2.97. The molecule has 31 heavy (non-hydrogen) atoms. The van der Waals surface area contributed by atoms with Crippen LogP contribution in [-0.4, -0.2) is 37.4 Å². The molecule has 0 aliphatic heterocycles. The molecule has 166 valence electrons. The predicted octanol–water partition coefficient (Wildman–Crippen LogP) is 4.93. The van der Waals surface area contributed by atoms with E-state index in [-0.39, 0.29) is 23.5 Å². The zero-order valence-corrected chi connectivity index (χ0v) is 18.8. The van der Waals surface area contributed by atoms with E-state index in [0.29, 0.717) is 31.0 Å². The van der Waals surface area contributed by atoms with E-state index < -0.39 is 0 Å². The number of rotatable bonds is 9. The van der Waals surface area contributed by atoms with Gasteiger partial charge in [-0.3, -0.25) is 9.59 Å². The Kier molecular flexibility index (Phi) is 7.31. The lowest BCUT2D eigenvalue weighted by Gasteiger charge is -2.26. The molecule has 0 saturated heterocycles.